The van der Waals surface area contributed by atoms with Gasteiger partial charge < -0.3 is 9.47 Å². The Morgan fingerprint density at radius 1 is 1.13 bits per heavy atom. The van der Waals surface area contributed by atoms with Crippen LogP contribution < -0.4 is 0 Å². The van der Waals surface area contributed by atoms with Crippen molar-refractivity contribution in [1.82, 2.24) is 0 Å². The van der Waals surface area contributed by atoms with E-state index >= 15 is 0 Å². The van der Waals surface area contributed by atoms with Gasteiger partial charge >= 0.3 is 0 Å². The lowest BCUT2D eigenvalue weighted by Gasteiger charge is -2.56. The third-order valence-electron chi connectivity index (χ3n) is 9.95. The standard InChI is InChI=1S/C22H28O4.4H2S/c1-19-6-4-12(24)8-16(19)13-9-14(13)18-15-5-7-21(3,25-11-23)20(15,2)10-17-22(18,19)26-17;;;;/h8,11,13-15,17-18H,4-7,9-10H2,1-3H3;4*1H2/t13-,14+,15+,17?,18+,19+,20+,21+,22-;;;;/m1..../s1. The summed E-state index contributed by atoms with van der Waals surface area (Å²) in [7, 11) is 0. The molecule has 1 heterocycles. The highest BCUT2D eigenvalue weighted by Crippen LogP contribution is 2.82. The number of ether oxygens (including phenoxy) is 2. The number of ketones is 1. The van der Waals surface area contributed by atoms with E-state index in [4.69, 9.17) is 9.47 Å². The normalized spacial score (nSPS) is 53.1. The number of hydrogen-bond donors (Lipinski definition) is 0. The maximum absolute atomic E-state index is 12.1. The molecule has 0 N–H and O–H groups in total. The van der Waals surface area contributed by atoms with Gasteiger partial charge in [-0.25, -0.2) is 0 Å². The first-order valence-electron chi connectivity index (χ1n) is 10.3. The molecule has 1 saturated heterocycles. The van der Waals surface area contributed by atoms with Crippen molar-refractivity contribution in [3.63, 3.8) is 0 Å². The molecule has 1 aliphatic heterocycles. The minimum Gasteiger partial charge on any atom is -0.461 e. The zero-order chi connectivity index (χ0) is 18.1. The molecule has 0 aromatic rings. The fourth-order valence-corrected chi connectivity index (χ4v) is 8.34. The molecule has 8 heteroatoms. The van der Waals surface area contributed by atoms with E-state index in [-0.39, 0.29) is 82.1 Å². The highest BCUT2D eigenvalue weighted by atomic mass is 32.1. The van der Waals surface area contributed by atoms with Crippen molar-refractivity contribution in [1.29, 1.82) is 0 Å². The van der Waals surface area contributed by atoms with Crippen LogP contribution in [-0.4, -0.2) is 29.6 Å². The Balaban J connectivity index is 0.000000801. The maximum atomic E-state index is 12.1. The molecule has 172 valence electrons. The van der Waals surface area contributed by atoms with E-state index in [1.807, 2.05) is 6.08 Å². The summed E-state index contributed by atoms with van der Waals surface area (Å²) in [5.41, 5.74) is 0.999. The molecule has 0 aromatic carbocycles. The van der Waals surface area contributed by atoms with Crippen molar-refractivity contribution in [2.45, 2.75) is 76.6 Å². The lowest BCUT2D eigenvalue weighted by Crippen LogP contribution is -2.60. The lowest BCUT2D eigenvalue weighted by atomic mass is 9.46. The fraction of sp³-hybridized carbons (Fsp3) is 0.818. The zero-order valence-corrected chi connectivity index (χ0v) is 21.9. The van der Waals surface area contributed by atoms with Gasteiger partial charge in [-0.05, 0) is 68.8 Å². The third-order valence-corrected chi connectivity index (χ3v) is 9.95. The molecule has 1 spiro atoms. The Hall–Kier alpha value is 0.240. The second kappa shape index (κ2) is 7.64. The van der Waals surface area contributed by atoms with Crippen LogP contribution in [0.2, 0.25) is 0 Å². The van der Waals surface area contributed by atoms with Crippen LogP contribution in [0.25, 0.3) is 0 Å². The van der Waals surface area contributed by atoms with E-state index in [9.17, 15) is 9.59 Å². The Bertz CT molecular complexity index is 789. The first kappa shape index (κ1) is 26.5. The van der Waals surface area contributed by atoms with Gasteiger partial charge in [-0.15, -0.1) is 0 Å². The average Bonchev–Trinajstić information content (AvgIpc) is 3.47. The SMILES string of the molecule is C[C@]12CCC(=O)C=C1[C@@H]1C[C@@H]1[C@H]1[C@@H]3CC[C@](C)(OC=O)[C@@]3(C)CC3O[C@]312.S.S.S.S. The predicted molar refractivity (Wildman–Crippen MR) is 136 cm³/mol. The summed E-state index contributed by atoms with van der Waals surface area (Å²) in [5.74, 6) is 2.67. The van der Waals surface area contributed by atoms with Gasteiger partial charge in [-0.2, -0.15) is 54.0 Å². The summed E-state index contributed by atoms with van der Waals surface area (Å²) in [6.07, 6.45) is 8.13. The van der Waals surface area contributed by atoms with E-state index in [0.717, 1.165) is 25.7 Å². The second-order valence-corrected chi connectivity index (χ2v) is 10.5. The van der Waals surface area contributed by atoms with E-state index in [1.54, 1.807) is 0 Å². The monoisotopic (exact) mass is 492 g/mol. The van der Waals surface area contributed by atoms with Crippen LogP contribution >= 0.6 is 54.0 Å². The molecule has 0 amide bonds. The van der Waals surface area contributed by atoms with Crippen molar-refractivity contribution in [3.8, 4) is 0 Å². The number of carbonyl (C=O) groups is 2. The van der Waals surface area contributed by atoms with Crippen LogP contribution in [0.4, 0.5) is 0 Å². The van der Waals surface area contributed by atoms with Gasteiger partial charge in [-0.3, -0.25) is 9.59 Å². The molecule has 30 heavy (non-hydrogen) atoms. The van der Waals surface area contributed by atoms with Gasteiger partial charge in [0, 0.05) is 17.3 Å². The summed E-state index contributed by atoms with van der Waals surface area (Å²) in [6.45, 7) is 7.51. The summed E-state index contributed by atoms with van der Waals surface area (Å²) < 4.78 is 12.4. The highest BCUT2D eigenvalue weighted by Gasteiger charge is 2.85. The topological polar surface area (TPSA) is 55.9 Å². The van der Waals surface area contributed by atoms with Crippen molar-refractivity contribution < 1.29 is 19.1 Å². The van der Waals surface area contributed by atoms with E-state index in [1.165, 1.54) is 12.0 Å². The van der Waals surface area contributed by atoms with Gasteiger partial charge in [0.2, 0.25) is 0 Å². The average molecular weight is 493 g/mol. The molecule has 5 aliphatic carbocycles. The van der Waals surface area contributed by atoms with Crippen LogP contribution in [0.5, 0.6) is 0 Å². The Kier molecular flexibility index (Phi) is 6.75. The predicted octanol–water partition coefficient (Wildman–Crippen LogP) is 3.89. The molecule has 6 aliphatic rings. The van der Waals surface area contributed by atoms with Gasteiger partial charge in [0.15, 0.2) is 5.78 Å². The van der Waals surface area contributed by atoms with Crippen molar-refractivity contribution in [2.75, 3.05) is 0 Å². The number of epoxide rings is 1. The Morgan fingerprint density at radius 2 is 1.83 bits per heavy atom. The number of rotatable bonds is 2. The summed E-state index contributed by atoms with van der Waals surface area (Å²) in [5, 5.41) is 0. The second-order valence-electron chi connectivity index (χ2n) is 10.5. The van der Waals surface area contributed by atoms with Gasteiger partial charge in [0.25, 0.3) is 6.47 Å². The van der Waals surface area contributed by atoms with E-state index < -0.39 is 0 Å². The van der Waals surface area contributed by atoms with Crippen LogP contribution in [0.3, 0.4) is 0 Å². The molecular formula is C22H36O4S4. The van der Waals surface area contributed by atoms with Crippen LogP contribution in [0.1, 0.15) is 59.3 Å². The minimum absolute atomic E-state index is 0. The molecule has 1 unspecified atom stereocenters. The molecule has 0 radical (unpaired) electrons. The van der Waals surface area contributed by atoms with Gasteiger partial charge in [0.05, 0.1) is 6.10 Å². The minimum atomic E-state index is -0.374. The Morgan fingerprint density at radius 3 is 2.50 bits per heavy atom. The molecule has 4 nitrogen and oxygen atoms in total. The first-order valence-corrected chi connectivity index (χ1v) is 10.3. The van der Waals surface area contributed by atoms with Gasteiger partial charge in [0.1, 0.15) is 11.2 Å². The van der Waals surface area contributed by atoms with Crippen molar-refractivity contribution in [2.24, 2.45) is 34.5 Å². The molecular weight excluding hydrogens is 457 g/mol. The van der Waals surface area contributed by atoms with Crippen LogP contribution in [0, 0.1) is 34.5 Å². The smallest absolute Gasteiger partial charge is 0.293 e. The van der Waals surface area contributed by atoms with Crippen molar-refractivity contribution in [3.05, 3.63) is 11.6 Å². The molecule has 6 rings (SSSR count). The largest absolute Gasteiger partial charge is 0.461 e. The quantitative estimate of drug-likeness (QED) is 0.434. The fourth-order valence-electron chi connectivity index (χ4n) is 8.34. The molecule has 0 aromatic heterocycles. The van der Waals surface area contributed by atoms with E-state index in [2.05, 4.69) is 20.8 Å². The molecule has 4 saturated carbocycles. The molecule has 0 bridgehead atoms. The zero-order valence-electron chi connectivity index (χ0n) is 17.9. The van der Waals surface area contributed by atoms with Crippen molar-refractivity contribution >= 4 is 66.2 Å². The van der Waals surface area contributed by atoms with Crippen LogP contribution in [-0.2, 0) is 19.1 Å². The summed E-state index contributed by atoms with van der Waals surface area (Å²) in [4.78, 5) is 23.3. The summed E-state index contributed by atoms with van der Waals surface area (Å²) in [6, 6.07) is 0. The number of carbonyl (C=O) groups excluding carboxylic acids is 2. The third kappa shape index (κ3) is 2.69. The highest BCUT2D eigenvalue weighted by molar-refractivity contribution is 7.59. The van der Waals surface area contributed by atoms with E-state index in [0.29, 0.717) is 42.3 Å². The lowest BCUT2D eigenvalue weighted by molar-refractivity contribution is -0.162. The summed E-state index contributed by atoms with van der Waals surface area (Å²) >= 11 is 0. The van der Waals surface area contributed by atoms with Crippen LogP contribution in [0.15, 0.2) is 11.6 Å². The number of hydrogen-bond acceptors (Lipinski definition) is 4. The molecule has 5 fully saturated rings. The maximum Gasteiger partial charge on any atom is 0.293 e. The first-order chi connectivity index (χ1) is 12.3. The molecule has 9 atom stereocenters. The Labute approximate surface area is 207 Å². The number of fused-ring (bicyclic) bond motifs is 6. The van der Waals surface area contributed by atoms with Gasteiger partial charge in [-0.1, -0.05) is 19.4 Å².